The number of aliphatic hydroxyl groups excluding tert-OH is 1. The van der Waals surface area contributed by atoms with E-state index < -0.39 is 6.10 Å². The molecule has 0 saturated carbocycles. The molecule has 0 saturated heterocycles. The number of hydrogen-bond donors (Lipinski definition) is 1. The van der Waals surface area contributed by atoms with Crippen molar-refractivity contribution < 1.29 is 5.11 Å². The molecule has 2 heterocycles. The third-order valence-corrected chi connectivity index (χ3v) is 7.29. The second-order valence-corrected chi connectivity index (χ2v) is 10.3. The Labute approximate surface area is 242 Å². The van der Waals surface area contributed by atoms with Crippen molar-refractivity contribution in [3.63, 3.8) is 0 Å². The largest absolute Gasteiger partial charge is 0.382 e. The summed E-state index contributed by atoms with van der Waals surface area (Å²) in [5, 5.41) is 13.4. The Bertz CT molecular complexity index is 1900. The summed E-state index contributed by atoms with van der Waals surface area (Å²) in [4.78, 5) is 9.21. The summed E-state index contributed by atoms with van der Waals surface area (Å²) in [5.41, 5.74) is 7.33. The summed E-state index contributed by atoms with van der Waals surface area (Å²) in [7, 11) is 1.86. The summed E-state index contributed by atoms with van der Waals surface area (Å²) < 4.78 is 1.81. The van der Waals surface area contributed by atoms with Crippen LogP contribution in [0.25, 0.3) is 33.2 Å². The van der Waals surface area contributed by atoms with Gasteiger partial charge >= 0.3 is 0 Å². The van der Waals surface area contributed by atoms with E-state index in [0.717, 1.165) is 44.3 Å². The Balaban J connectivity index is 1.68. The summed E-state index contributed by atoms with van der Waals surface area (Å²) in [6, 6.07) is 31.1. The highest BCUT2D eigenvalue weighted by Gasteiger charge is 2.21. The zero-order chi connectivity index (χ0) is 27.6. The average Bonchev–Trinajstić information content (AvgIpc) is 3.41. The predicted molar refractivity (Wildman–Crippen MR) is 162 cm³/mol. The number of fused-ring (bicyclic) bond motifs is 1. The second-order valence-electron chi connectivity index (χ2n) is 9.45. The van der Waals surface area contributed by atoms with Gasteiger partial charge in [0.25, 0.3) is 0 Å². The molecule has 0 bridgehead atoms. The Morgan fingerprint density at radius 2 is 1.57 bits per heavy atom. The van der Waals surface area contributed by atoms with Crippen LogP contribution >= 0.6 is 23.2 Å². The van der Waals surface area contributed by atoms with Gasteiger partial charge in [0, 0.05) is 39.2 Å². The van der Waals surface area contributed by atoms with Crippen LogP contribution in [0.15, 0.2) is 110 Å². The minimum absolute atomic E-state index is 0.618. The van der Waals surface area contributed by atoms with Crippen molar-refractivity contribution in [3.8, 4) is 34.1 Å². The number of pyridine rings is 1. The number of hydrogen-bond acceptors (Lipinski definition) is 3. The average molecular weight is 560 g/mol. The fourth-order valence-electron chi connectivity index (χ4n) is 4.84. The highest BCUT2D eigenvalue weighted by molar-refractivity contribution is 6.31. The van der Waals surface area contributed by atoms with Crippen LogP contribution in [0.2, 0.25) is 10.0 Å². The number of aromatic nitrogens is 3. The van der Waals surface area contributed by atoms with Gasteiger partial charge in [-0.3, -0.25) is 0 Å². The quantitative estimate of drug-likeness (QED) is 0.222. The van der Waals surface area contributed by atoms with Gasteiger partial charge in [-0.2, -0.15) is 0 Å². The lowest BCUT2D eigenvalue weighted by molar-refractivity contribution is 0.211. The monoisotopic (exact) mass is 559 g/mol. The number of imidazole rings is 1. The first kappa shape index (κ1) is 25.9. The van der Waals surface area contributed by atoms with Gasteiger partial charge in [-0.25, -0.2) is 9.97 Å². The maximum Gasteiger partial charge on any atom is 0.122 e. The molecule has 0 aliphatic heterocycles. The Kier molecular flexibility index (Phi) is 7.11. The Morgan fingerprint density at radius 1 is 0.775 bits per heavy atom. The number of aliphatic hydroxyl groups is 1. The highest BCUT2D eigenvalue weighted by Crippen LogP contribution is 2.41. The van der Waals surface area contributed by atoms with Gasteiger partial charge in [0.15, 0.2) is 0 Å². The van der Waals surface area contributed by atoms with Crippen LogP contribution in [-0.4, -0.2) is 19.6 Å². The van der Waals surface area contributed by atoms with Gasteiger partial charge in [0.1, 0.15) is 11.8 Å². The van der Waals surface area contributed by atoms with E-state index in [1.54, 1.807) is 12.5 Å². The fraction of sp³-hybridized carbons (Fsp3) is 0.0588. The Morgan fingerprint density at radius 3 is 2.30 bits per heavy atom. The van der Waals surface area contributed by atoms with Crippen molar-refractivity contribution in [2.75, 3.05) is 0 Å². The number of halogens is 2. The van der Waals surface area contributed by atoms with E-state index in [-0.39, 0.29) is 0 Å². The first-order valence-electron chi connectivity index (χ1n) is 12.7. The molecule has 6 aromatic rings. The van der Waals surface area contributed by atoms with Crippen LogP contribution < -0.4 is 0 Å². The van der Waals surface area contributed by atoms with Gasteiger partial charge in [-0.05, 0) is 71.1 Å². The molecule has 0 aliphatic carbocycles. The Hall–Kier alpha value is -4.40. The molecule has 1 atom stereocenters. The van der Waals surface area contributed by atoms with Crippen LogP contribution in [0.3, 0.4) is 0 Å². The number of rotatable bonds is 4. The van der Waals surface area contributed by atoms with Crippen LogP contribution in [-0.2, 0) is 7.05 Å². The van der Waals surface area contributed by atoms with Gasteiger partial charge < -0.3 is 9.67 Å². The van der Waals surface area contributed by atoms with E-state index in [1.807, 2.05) is 109 Å². The van der Waals surface area contributed by atoms with Gasteiger partial charge in [0.2, 0.25) is 0 Å². The molecular weight excluding hydrogens is 537 g/mol. The molecule has 1 unspecified atom stereocenters. The topological polar surface area (TPSA) is 50.9 Å². The highest BCUT2D eigenvalue weighted by atomic mass is 35.5. The summed E-state index contributed by atoms with van der Waals surface area (Å²) in [6.45, 7) is 0. The molecule has 194 valence electrons. The maximum absolute atomic E-state index is 11.3. The zero-order valence-corrected chi connectivity index (χ0v) is 23.0. The molecule has 2 aromatic heterocycles. The van der Waals surface area contributed by atoms with Crippen molar-refractivity contribution in [3.05, 3.63) is 142 Å². The minimum Gasteiger partial charge on any atom is -0.382 e. The first-order valence-corrected chi connectivity index (χ1v) is 13.4. The smallest absolute Gasteiger partial charge is 0.122 e. The second kappa shape index (κ2) is 11.0. The third kappa shape index (κ3) is 5.11. The molecule has 4 aromatic carbocycles. The number of nitrogens with zero attached hydrogens (tertiary/aromatic N) is 3. The van der Waals surface area contributed by atoms with E-state index in [9.17, 15) is 5.11 Å². The third-order valence-electron chi connectivity index (χ3n) is 6.80. The summed E-state index contributed by atoms with van der Waals surface area (Å²) in [5.74, 6) is 6.62. The molecule has 0 spiro atoms. The van der Waals surface area contributed by atoms with Gasteiger partial charge in [-0.1, -0.05) is 77.7 Å². The molecule has 1 N–H and O–H groups in total. The van der Waals surface area contributed by atoms with Crippen LogP contribution in [0.4, 0.5) is 0 Å². The first-order chi connectivity index (χ1) is 19.5. The van der Waals surface area contributed by atoms with E-state index >= 15 is 0 Å². The lowest BCUT2D eigenvalue weighted by atomic mass is 9.89. The van der Waals surface area contributed by atoms with E-state index in [2.05, 4.69) is 16.8 Å². The molecular formula is C34H23Cl2N3O. The predicted octanol–water partition coefficient (Wildman–Crippen LogP) is 8.09. The zero-order valence-electron chi connectivity index (χ0n) is 21.5. The molecule has 0 aliphatic rings. The van der Waals surface area contributed by atoms with E-state index in [4.69, 9.17) is 28.2 Å². The van der Waals surface area contributed by atoms with E-state index in [1.165, 1.54) is 0 Å². The fourth-order valence-corrected chi connectivity index (χ4v) is 5.15. The van der Waals surface area contributed by atoms with Crippen LogP contribution in [0, 0.1) is 11.8 Å². The molecule has 40 heavy (non-hydrogen) atoms. The van der Waals surface area contributed by atoms with Crippen molar-refractivity contribution >= 4 is 34.1 Å². The van der Waals surface area contributed by atoms with Gasteiger partial charge in [-0.15, -0.1) is 0 Å². The lowest BCUT2D eigenvalue weighted by Crippen LogP contribution is -2.05. The molecule has 6 heteroatoms. The van der Waals surface area contributed by atoms with Crippen molar-refractivity contribution in [1.82, 2.24) is 14.5 Å². The van der Waals surface area contributed by atoms with Crippen LogP contribution in [0.5, 0.6) is 0 Å². The van der Waals surface area contributed by atoms with Crippen LogP contribution in [0.1, 0.15) is 28.6 Å². The molecule has 6 rings (SSSR count). The van der Waals surface area contributed by atoms with E-state index in [0.29, 0.717) is 21.4 Å². The standard InChI is InChI=1S/C34H23Cl2N3O/c1-39-21-37-20-31(39)34(40)25-13-17-29-28(19-25)32(24-8-5-9-27(36)18-24)33(23-11-14-26(35)15-12-23)30(38-29)16-10-22-6-3-2-4-7-22/h2-9,11-15,17-21,34,40H,1H3. The van der Waals surface area contributed by atoms with Crippen molar-refractivity contribution in [2.24, 2.45) is 7.05 Å². The molecule has 0 fully saturated rings. The maximum atomic E-state index is 11.3. The van der Waals surface area contributed by atoms with Gasteiger partial charge in [0.05, 0.1) is 23.7 Å². The summed E-state index contributed by atoms with van der Waals surface area (Å²) in [6.07, 6.45) is 2.49. The minimum atomic E-state index is -0.861. The lowest BCUT2D eigenvalue weighted by Gasteiger charge is -2.18. The molecule has 0 amide bonds. The molecule has 0 radical (unpaired) electrons. The van der Waals surface area contributed by atoms with Crippen molar-refractivity contribution in [1.29, 1.82) is 0 Å². The number of aryl methyl sites for hydroxylation is 1. The normalized spacial score (nSPS) is 11.7. The molecule has 4 nitrogen and oxygen atoms in total. The number of benzene rings is 4. The van der Waals surface area contributed by atoms with Crippen molar-refractivity contribution in [2.45, 2.75) is 6.10 Å². The SMILES string of the molecule is Cn1cncc1C(O)c1ccc2nc(C#Cc3ccccc3)c(-c3ccc(Cl)cc3)c(-c3cccc(Cl)c3)c2c1. The summed E-state index contributed by atoms with van der Waals surface area (Å²) >= 11 is 12.8.